The second-order valence-electron chi connectivity index (χ2n) is 6.80. The van der Waals surface area contributed by atoms with Crippen LogP contribution in [0, 0.1) is 11.3 Å². The van der Waals surface area contributed by atoms with Crippen LogP contribution in [-0.2, 0) is 9.59 Å². The largest absolute Gasteiger partial charge is 0.353 e. The number of carbonyl (C=O) groups excluding carboxylic acids is 2. The zero-order chi connectivity index (χ0) is 15.3. The molecule has 3 N–H and O–H groups in total. The van der Waals surface area contributed by atoms with Gasteiger partial charge in [0.1, 0.15) is 0 Å². The van der Waals surface area contributed by atoms with Crippen LogP contribution in [-0.4, -0.2) is 42.4 Å². The second-order valence-corrected chi connectivity index (χ2v) is 6.80. The molecule has 0 saturated carbocycles. The predicted octanol–water partition coefficient (Wildman–Crippen LogP) is 1.12. The van der Waals surface area contributed by atoms with Crippen LogP contribution in [0.2, 0.25) is 0 Å². The van der Waals surface area contributed by atoms with E-state index in [0.29, 0.717) is 13.0 Å². The SMILES string of the molecule is CC(CCN)C(=O)NC1CCN(C(=O)C(C)(C)C)CC1. The van der Waals surface area contributed by atoms with Crippen molar-refractivity contribution >= 4 is 11.8 Å². The third-order valence-corrected chi connectivity index (χ3v) is 3.82. The van der Waals surface area contributed by atoms with Crippen LogP contribution in [0.15, 0.2) is 0 Å². The summed E-state index contributed by atoms with van der Waals surface area (Å²) in [5.74, 6) is 0.240. The first-order valence-electron chi connectivity index (χ1n) is 7.55. The van der Waals surface area contributed by atoms with Gasteiger partial charge in [-0.2, -0.15) is 0 Å². The van der Waals surface area contributed by atoms with Crippen LogP contribution in [0.1, 0.15) is 47.0 Å². The highest BCUT2D eigenvalue weighted by Crippen LogP contribution is 2.21. The lowest BCUT2D eigenvalue weighted by Crippen LogP contribution is -2.50. The Bertz CT molecular complexity index is 342. The molecule has 0 bridgehead atoms. The Balaban J connectivity index is 2.39. The number of carbonyl (C=O) groups is 2. The predicted molar refractivity (Wildman–Crippen MR) is 80.0 cm³/mol. The van der Waals surface area contributed by atoms with E-state index in [1.165, 1.54) is 0 Å². The van der Waals surface area contributed by atoms with E-state index in [0.717, 1.165) is 25.9 Å². The van der Waals surface area contributed by atoms with Crippen molar-refractivity contribution in [2.24, 2.45) is 17.1 Å². The minimum Gasteiger partial charge on any atom is -0.353 e. The van der Waals surface area contributed by atoms with Crippen molar-refractivity contribution in [3.63, 3.8) is 0 Å². The average Bonchev–Trinajstić information content (AvgIpc) is 2.38. The first kappa shape index (κ1) is 17.0. The maximum absolute atomic E-state index is 12.2. The van der Waals surface area contributed by atoms with E-state index >= 15 is 0 Å². The molecule has 2 amide bonds. The van der Waals surface area contributed by atoms with Crippen LogP contribution in [0.4, 0.5) is 0 Å². The highest BCUT2D eigenvalue weighted by Gasteiger charge is 2.30. The van der Waals surface area contributed by atoms with Gasteiger partial charge in [0.25, 0.3) is 0 Å². The van der Waals surface area contributed by atoms with Crippen molar-refractivity contribution in [3.05, 3.63) is 0 Å². The van der Waals surface area contributed by atoms with Crippen molar-refractivity contribution in [3.8, 4) is 0 Å². The maximum atomic E-state index is 12.2. The second kappa shape index (κ2) is 7.07. The van der Waals surface area contributed by atoms with Crippen LogP contribution in [0.5, 0.6) is 0 Å². The molecule has 5 nitrogen and oxygen atoms in total. The van der Waals surface area contributed by atoms with Gasteiger partial charge in [-0.1, -0.05) is 27.7 Å². The average molecular weight is 283 g/mol. The molecule has 116 valence electrons. The molecule has 1 saturated heterocycles. The Labute approximate surface area is 122 Å². The molecule has 1 heterocycles. The van der Waals surface area contributed by atoms with E-state index in [1.807, 2.05) is 32.6 Å². The summed E-state index contributed by atoms with van der Waals surface area (Å²) in [6, 6.07) is 0.187. The minimum atomic E-state index is -0.328. The van der Waals surface area contributed by atoms with Gasteiger partial charge in [-0.25, -0.2) is 0 Å². The molecule has 1 rings (SSSR count). The van der Waals surface area contributed by atoms with Gasteiger partial charge in [-0.15, -0.1) is 0 Å². The standard InChI is InChI=1S/C15H29N3O2/c1-11(5-8-16)13(19)17-12-6-9-18(10-7-12)14(20)15(2,3)4/h11-12H,5-10,16H2,1-4H3,(H,17,19). The molecule has 1 aliphatic heterocycles. The third kappa shape index (κ3) is 4.78. The molecule has 1 atom stereocenters. The van der Waals surface area contributed by atoms with Crippen LogP contribution >= 0.6 is 0 Å². The summed E-state index contributed by atoms with van der Waals surface area (Å²) in [5.41, 5.74) is 5.14. The maximum Gasteiger partial charge on any atom is 0.227 e. The van der Waals surface area contributed by atoms with E-state index < -0.39 is 0 Å². The lowest BCUT2D eigenvalue weighted by Gasteiger charge is -2.36. The van der Waals surface area contributed by atoms with Gasteiger partial charge in [-0.05, 0) is 25.8 Å². The third-order valence-electron chi connectivity index (χ3n) is 3.82. The Morgan fingerprint density at radius 2 is 1.85 bits per heavy atom. The summed E-state index contributed by atoms with van der Waals surface area (Å²) >= 11 is 0. The Kier molecular flexibility index (Phi) is 5.99. The molecule has 5 heteroatoms. The minimum absolute atomic E-state index is 0.0331. The number of hydrogen-bond donors (Lipinski definition) is 2. The number of nitrogens with two attached hydrogens (primary N) is 1. The topological polar surface area (TPSA) is 75.4 Å². The molecule has 0 aromatic rings. The van der Waals surface area contributed by atoms with Gasteiger partial charge in [0.2, 0.25) is 11.8 Å². The fourth-order valence-electron chi connectivity index (χ4n) is 2.43. The quantitative estimate of drug-likeness (QED) is 0.812. The lowest BCUT2D eigenvalue weighted by atomic mass is 9.93. The van der Waals surface area contributed by atoms with Crippen LogP contribution in [0.25, 0.3) is 0 Å². The number of amides is 2. The summed E-state index contributed by atoms with van der Waals surface area (Å²) in [4.78, 5) is 26.0. The summed E-state index contributed by atoms with van der Waals surface area (Å²) in [6.07, 6.45) is 2.39. The summed E-state index contributed by atoms with van der Waals surface area (Å²) in [5, 5.41) is 3.07. The van der Waals surface area contributed by atoms with E-state index in [4.69, 9.17) is 5.73 Å². The number of likely N-dealkylation sites (tertiary alicyclic amines) is 1. The van der Waals surface area contributed by atoms with E-state index in [-0.39, 0.29) is 29.2 Å². The smallest absolute Gasteiger partial charge is 0.227 e. The monoisotopic (exact) mass is 283 g/mol. The van der Waals surface area contributed by atoms with Crippen molar-refractivity contribution in [2.45, 2.75) is 53.0 Å². The molecule has 0 spiro atoms. The molecule has 1 aliphatic rings. The zero-order valence-electron chi connectivity index (χ0n) is 13.2. The Morgan fingerprint density at radius 1 is 1.30 bits per heavy atom. The normalized spacial score (nSPS) is 18.8. The van der Waals surface area contributed by atoms with E-state index in [1.54, 1.807) is 0 Å². The first-order valence-corrected chi connectivity index (χ1v) is 7.55. The van der Waals surface area contributed by atoms with Crippen molar-refractivity contribution in [2.75, 3.05) is 19.6 Å². The molecule has 1 fully saturated rings. The number of nitrogens with zero attached hydrogens (tertiary/aromatic N) is 1. The van der Waals surface area contributed by atoms with Crippen LogP contribution in [0.3, 0.4) is 0 Å². The van der Waals surface area contributed by atoms with Crippen LogP contribution < -0.4 is 11.1 Å². The molecule has 0 aromatic carbocycles. The zero-order valence-corrected chi connectivity index (χ0v) is 13.2. The van der Waals surface area contributed by atoms with Gasteiger partial charge in [0, 0.05) is 30.5 Å². The summed E-state index contributed by atoms with van der Waals surface area (Å²) in [6.45, 7) is 9.72. The van der Waals surface area contributed by atoms with Gasteiger partial charge in [0.15, 0.2) is 0 Å². The molecular weight excluding hydrogens is 254 g/mol. The van der Waals surface area contributed by atoms with Gasteiger partial charge >= 0.3 is 0 Å². The number of hydrogen-bond acceptors (Lipinski definition) is 3. The number of piperidine rings is 1. The molecule has 0 radical (unpaired) electrons. The number of nitrogens with one attached hydrogen (secondary N) is 1. The first-order chi connectivity index (χ1) is 9.25. The van der Waals surface area contributed by atoms with Gasteiger partial charge in [0.05, 0.1) is 0 Å². The molecule has 0 aromatic heterocycles. The summed E-state index contributed by atoms with van der Waals surface area (Å²) < 4.78 is 0. The fourth-order valence-corrected chi connectivity index (χ4v) is 2.43. The highest BCUT2D eigenvalue weighted by molar-refractivity contribution is 5.81. The van der Waals surface area contributed by atoms with E-state index in [9.17, 15) is 9.59 Å². The molecule has 20 heavy (non-hydrogen) atoms. The number of rotatable bonds is 4. The molecule has 1 unspecified atom stereocenters. The lowest BCUT2D eigenvalue weighted by molar-refractivity contribution is -0.140. The van der Waals surface area contributed by atoms with Crippen molar-refractivity contribution in [1.82, 2.24) is 10.2 Å². The van der Waals surface area contributed by atoms with Crippen molar-refractivity contribution < 1.29 is 9.59 Å². The summed E-state index contributed by atoms with van der Waals surface area (Å²) in [7, 11) is 0. The van der Waals surface area contributed by atoms with Gasteiger partial charge in [-0.3, -0.25) is 9.59 Å². The molecule has 0 aliphatic carbocycles. The van der Waals surface area contributed by atoms with E-state index in [2.05, 4.69) is 5.32 Å². The van der Waals surface area contributed by atoms with Gasteiger partial charge < -0.3 is 16.0 Å². The van der Waals surface area contributed by atoms with Crippen molar-refractivity contribution in [1.29, 1.82) is 0 Å². The highest BCUT2D eigenvalue weighted by atomic mass is 16.2. The molecular formula is C15H29N3O2. The Morgan fingerprint density at radius 3 is 2.30 bits per heavy atom. The fraction of sp³-hybridized carbons (Fsp3) is 0.867. The Hall–Kier alpha value is -1.10.